The van der Waals surface area contributed by atoms with Gasteiger partial charge in [0.15, 0.2) is 0 Å². The van der Waals surface area contributed by atoms with Crippen molar-refractivity contribution in [3.05, 3.63) is 28.2 Å². The molecular weight excluding hydrogens is 314 g/mol. The molecule has 0 radical (unpaired) electrons. The van der Waals surface area contributed by atoms with E-state index >= 15 is 0 Å². The van der Waals surface area contributed by atoms with Crippen LogP contribution in [0, 0.1) is 0 Å². The van der Waals surface area contributed by atoms with E-state index in [1.54, 1.807) is 11.0 Å². The van der Waals surface area contributed by atoms with Crippen molar-refractivity contribution in [2.24, 2.45) is 0 Å². The highest BCUT2D eigenvalue weighted by Gasteiger charge is 2.31. The van der Waals surface area contributed by atoms with E-state index in [-0.39, 0.29) is 18.1 Å². The lowest BCUT2D eigenvalue weighted by Gasteiger charge is -2.27. The zero-order chi connectivity index (χ0) is 13.3. The first-order chi connectivity index (χ1) is 8.50. The van der Waals surface area contributed by atoms with E-state index in [2.05, 4.69) is 28.6 Å². The van der Waals surface area contributed by atoms with Crippen LogP contribution in [0.4, 0.5) is 0 Å². The predicted octanol–water partition coefficient (Wildman–Crippen LogP) is 2.99. The van der Waals surface area contributed by atoms with E-state index in [1.807, 2.05) is 26.1 Å². The molecule has 1 aromatic rings. The summed E-state index contributed by atoms with van der Waals surface area (Å²) in [5.74, 6) is -0.00477. The average Bonchev–Trinajstić information content (AvgIpc) is 2.74. The summed E-state index contributed by atoms with van der Waals surface area (Å²) in [6.45, 7) is 2.72. The SMILES string of the molecule is CC1OCCC1N(C)C(=O)c1ccc(Br)cc1S. The van der Waals surface area contributed by atoms with Gasteiger partial charge in [0.1, 0.15) is 0 Å². The van der Waals surface area contributed by atoms with Gasteiger partial charge in [-0.3, -0.25) is 4.79 Å². The van der Waals surface area contributed by atoms with Crippen LogP contribution in [0.1, 0.15) is 23.7 Å². The van der Waals surface area contributed by atoms with Crippen LogP contribution >= 0.6 is 28.6 Å². The standard InChI is InChI=1S/C13H16BrNO2S/c1-8-11(5-6-17-8)15(2)13(16)10-4-3-9(14)7-12(10)18/h3-4,7-8,11,18H,5-6H2,1-2H3. The Morgan fingerprint density at radius 1 is 1.56 bits per heavy atom. The average molecular weight is 330 g/mol. The van der Waals surface area contributed by atoms with Gasteiger partial charge in [-0.15, -0.1) is 12.6 Å². The number of ether oxygens (including phenoxy) is 1. The summed E-state index contributed by atoms with van der Waals surface area (Å²) in [6.07, 6.45) is 0.986. The molecule has 2 rings (SSSR count). The van der Waals surface area contributed by atoms with Crippen molar-refractivity contribution >= 4 is 34.5 Å². The van der Waals surface area contributed by atoms with E-state index < -0.39 is 0 Å². The molecular formula is C13H16BrNO2S. The van der Waals surface area contributed by atoms with Crippen LogP contribution < -0.4 is 0 Å². The van der Waals surface area contributed by atoms with Gasteiger partial charge in [-0.2, -0.15) is 0 Å². The zero-order valence-corrected chi connectivity index (χ0v) is 12.9. The Kier molecular flexibility index (Phi) is 4.35. The minimum absolute atomic E-state index is 0.00477. The van der Waals surface area contributed by atoms with Gasteiger partial charge in [-0.25, -0.2) is 0 Å². The second kappa shape index (κ2) is 5.63. The van der Waals surface area contributed by atoms with Gasteiger partial charge >= 0.3 is 0 Å². The van der Waals surface area contributed by atoms with Crippen LogP contribution in [-0.4, -0.2) is 36.6 Å². The molecule has 3 nitrogen and oxygen atoms in total. The van der Waals surface area contributed by atoms with Gasteiger partial charge in [0.2, 0.25) is 0 Å². The number of likely N-dealkylation sites (N-methyl/N-ethyl adjacent to an activating group) is 1. The monoisotopic (exact) mass is 329 g/mol. The smallest absolute Gasteiger partial charge is 0.255 e. The number of carbonyl (C=O) groups is 1. The number of benzene rings is 1. The Labute approximate surface area is 121 Å². The van der Waals surface area contributed by atoms with Gasteiger partial charge in [-0.05, 0) is 31.5 Å². The number of thiol groups is 1. The minimum Gasteiger partial charge on any atom is -0.376 e. The number of halogens is 1. The van der Waals surface area contributed by atoms with Crippen molar-refractivity contribution in [1.82, 2.24) is 4.90 Å². The van der Waals surface area contributed by atoms with Crippen molar-refractivity contribution in [3.63, 3.8) is 0 Å². The fourth-order valence-corrected chi connectivity index (χ4v) is 3.10. The first-order valence-electron chi connectivity index (χ1n) is 5.88. The highest BCUT2D eigenvalue weighted by molar-refractivity contribution is 9.10. The van der Waals surface area contributed by atoms with Gasteiger partial charge in [0, 0.05) is 23.0 Å². The Hall–Kier alpha value is -0.520. The maximum atomic E-state index is 12.4. The second-order valence-electron chi connectivity index (χ2n) is 4.51. The van der Waals surface area contributed by atoms with Crippen LogP contribution in [0.2, 0.25) is 0 Å². The summed E-state index contributed by atoms with van der Waals surface area (Å²) in [4.78, 5) is 14.9. The molecule has 0 aliphatic carbocycles. The molecule has 1 heterocycles. The summed E-state index contributed by atoms with van der Waals surface area (Å²) in [5.41, 5.74) is 0.628. The van der Waals surface area contributed by atoms with Crippen molar-refractivity contribution in [2.45, 2.75) is 30.4 Å². The minimum atomic E-state index is -0.00477. The third kappa shape index (κ3) is 2.73. The molecule has 1 saturated heterocycles. The molecule has 1 aromatic carbocycles. The molecule has 1 amide bonds. The third-order valence-corrected chi connectivity index (χ3v) is 4.21. The molecule has 5 heteroatoms. The first kappa shape index (κ1) is 13.9. The summed E-state index contributed by atoms with van der Waals surface area (Å²) in [6, 6.07) is 5.63. The highest BCUT2D eigenvalue weighted by Crippen LogP contribution is 2.24. The summed E-state index contributed by atoms with van der Waals surface area (Å²) < 4.78 is 6.42. The number of carbonyl (C=O) groups excluding carboxylic acids is 1. The van der Waals surface area contributed by atoms with E-state index in [9.17, 15) is 4.79 Å². The molecule has 1 fully saturated rings. The number of hydrogen-bond acceptors (Lipinski definition) is 3. The Balaban J connectivity index is 2.20. The zero-order valence-electron chi connectivity index (χ0n) is 10.4. The Bertz CT molecular complexity index is 466. The second-order valence-corrected chi connectivity index (χ2v) is 5.91. The molecule has 2 unspecified atom stereocenters. The molecule has 0 bridgehead atoms. The molecule has 1 aliphatic rings. The molecule has 0 N–H and O–H groups in total. The topological polar surface area (TPSA) is 29.5 Å². The van der Waals surface area contributed by atoms with E-state index in [0.717, 1.165) is 17.5 Å². The van der Waals surface area contributed by atoms with Crippen LogP contribution in [-0.2, 0) is 4.74 Å². The van der Waals surface area contributed by atoms with Gasteiger partial charge in [0.25, 0.3) is 5.91 Å². The number of nitrogens with zero attached hydrogens (tertiary/aromatic N) is 1. The van der Waals surface area contributed by atoms with Crippen LogP contribution in [0.25, 0.3) is 0 Å². The normalized spacial score (nSPS) is 23.1. The van der Waals surface area contributed by atoms with Crippen molar-refractivity contribution in [1.29, 1.82) is 0 Å². The molecule has 2 atom stereocenters. The molecule has 98 valence electrons. The fourth-order valence-electron chi connectivity index (χ4n) is 2.26. The molecule has 1 aliphatic heterocycles. The summed E-state index contributed by atoms with van der Waals surface area (Å²) in [5, 5.41) is 0. The van der Waals surface area contributed by atoms with Crippen molar-refractivity contribution in [3.8, 4) is 0 Å². The largest absolute Gasteiger partial charge is 0.376 e. The molecule has 0 aromatic heterocycles. The highest BCUT2D eigenvalue weighted by atomic mass is 79.9. The van der Waals surface area contributed by atoms with Gasteiger partial charge in [-0.1, -0.05) is 15.9 Å². The molecule has 0 saturated carbocycles. The maximum absolute atomic E-state index is 12.4. The van der Waals surface area contributed by atoms with E-state index in [4.69, 9.17) is 4.74 Å². The van der Waals surface area contributed by atoms with Crippen LogP contribution in [0.5, 0.6) is 0 Å². The van der Waals surface area contributed by atoms with E-state index in [0.29, 0.717) is 10.5 Å². The quantitative estimate of drug-likeness (QED) is 0.845. The number of rotatable bonds is 2. The molecule has 18 heavy (non-hydrogen) atoms. The van der Waals surface area contributed by atoms with Gasteiger partial charge in [0.05, 0.1) is 17.7 Å². The lowest BCUT2D eigenvalue weighted by Crippen LogP contribution is -2.41. The summed E-state index contributed by atoms with van der Waals surface area (Å²) in [7, 11) is 1.83. The Morgan fingerprint density at radius 2 is 2.28 bits per heavy atom. The lowest BCUT2D eigenvalue weighted by molar-refractivity contribution is 0.0572. The first-order valence-corrected chi connectivity index (χ1v) is 7.12. The fraction of sp³-hybridized carbons (Fsp3) is 0.462. The maximum Gasteiger partial charge on any atom is 0.255 e. The van der Waals surface area contributed by atoms with Crippen molar-refractivity contribution in [2.75, 3.05) is 13.7 Å². The third-order valence-electron chi connectivity index (χ3n) is 3.34. The number of hydrogen-bond donors (Lipinski definition) is 1. The van der Waals surface area contributed by atoms with Crippen molar-refractivity contribution < 1.29 is 9.53 Å². The predicted molar refractivity (Wildman–Crippen MR) is 77.3 cm³/mol. The van der Waals surface area contributed by atoms with E-state index in [1.165, 1.54) is 0 Å². The molecule has 0 spiro atoms. The van der Waals surface area contributed by atoms with Gasteiger partial charge < -0.3 is 9.64 Å². The Morgan fingerprint density at radius 3 is 2.83 bits per heavy atom. The van der Waals surface area contributed by atoms with Crippen LogP contribution in [0.3, 0.4) is 0 Å². The van der Waals surface area contributed by atoms with Crippen LogP contribution in [0.15, 0.2) is 27.6 Å². The lowest BCUT2D eigenvalue weighted by atomic mass is 10.1. The summed E-state index contributed by atoms with van der Waals surface area (Å²) >= 11 is 7.72. The number of amides is 1.